The first-order chi connectivity index (χ1) is 7.13. The highest BCUT2D eigenvalue weighted by Gasteiger charge is 2.18. The lowest BCUT2D eigenvalue weighted by Crippen LogP contribution is -2.44. The minimum absolute atomic E-state index is 0.0806. The summed E-state index contributed by atoms with van der Waals surface area (Å²) in [4.78, 5) is 11.5. The number of carbonyl (C=O) groups is 1. The first-order valence-electron chi connectivity index (χ1n) is 5.39. The van der Waals surface area contributed by atoms with Crippen LogP contribution < -0.4 is 11.1 Å². The van der Waals surface area contributed by atoms with Crippen molar-refractivity contribution in [3.05, 3.63) is 12.8 Å². The average Bonchev–Trinajstić information content (AvgIpc) is 2.26. The molecule has 2 atom stereocenters. The summed E-state index contributed by atoms with van der Waals surface area (Å²) in [6, 6.07) is -0.407. The average molecular weight is 214 g/mol. The van der Waals surface area contributed by atoms with E-state index in [1.807, 2.05) is 13.8 Å². The molecule has 4 heteroatoms. The lowest BCUT2D eigenvalue weighted by molar-refractivity contribution is -0.123. The van der Waals surface area contributed by atoms with E-state index in [-0.39, 0.29) is 11.8 Å². The predicted octanol–water partition coefficient (Wildman–Crippen LogP) is 1.03. The zero-order chi connectivity index (χ0) is 11.7. The largest absolute Gasteiger partial charge is 0.502 e. The monoisotopic (exact) mass is 214 g/mol. The molecular formula is C11H22N2O2. The van der Waals surface area contributed by atoms with E-state index < -0.39 is 6.04 Å². The number of ether oxygens (including phenoxy) is 1. The highest BCUT2D eigenvalue weighted by molar-refractivity contribution is 5.81. The fourth-order valence-corrected chi connectivity index (χ4v) is 1.08. The Balaban J connectivity index is 3.60. The van der Waals surface area contributed by atoms with Gasteiger partial charge in [-0.2, -0.15) is 0 Å². The molecule has 0 aliphatic carbocycles. The fraction of sp³-hybridized carbons (Fsp3) is 0.727. The Morgan fingerprint density at radius 2 is 2.33 bits per heavy atom. The van der Waals surface area contributed by atoms with Gasteiger partial charge in [0.05, 0.1) is 18.9 Å². The normalized spacial score (nSPS) is 14.1. The number of nitrogens with two attached hydrogens (primary N) is 1. The Morgan fingerprint density at radius 3 is 2.87 bits per heavy atom. The van der Waals surface area contributed by atoms with E-state index in [0.29, 0.717) is 13.2 Å². The fourth-order valence-electron chi connectivity index (χ4n) is 1.08. The van der Waals surface area contributed by atoms with Crippen LogP contribution in [0.25, 0.3) is 0 Å². The molecule has 0 heterocycles. The third-order valence-electron chi connectivity index (χ3n) is 2.42. The highest BCUT2D eigenvalue weighted by atomic mass is 16.5. The molecule has 1 unspecified atom stereocenters. The van der Waals surface area contributed by atoms with E-state index in [4.69, 9.17) is 10.5 Å². The third-order valence-corrected chi connectivity index (χ3v) is 2.42. The number of hydrogen-bond donors (Lipinski definition) is 2. The smallest absolute Gasteiger partial charge is 0.237 e. The summed E-state index contributed by atoms with van der Waals surface area (Å²) in [5.41, 5.74) is 5.75. The summed E-state index contributed by atoms with van der Waals surface area (Å²) in [6.45, 7) is 8.59. The van der Waals surface area contributed by atoms with Gasteiger partial charge in [-0.15, -0.1) is 0 Å². The topological polar surface area (TPSA) is 64.3 Å². The first kappa shape index (κ1) is 14.0. The summed E-state index contributed by atoms with van der Waals surface area (Å²) >= 11 is 0. The molecule has 15 heavy (non-hydrogen) atoms. The number of hydrogen-bond acceptors (Lipinski definition) is 3. The maximum absolute atomic E-state index is 11.5. The number of carbonyl (C=O) groups excluding carboxylic acids is 1. The van der Waals surface area contributed by atoms with Crippen LogP contribution in [0, 0.1) is 5.92 Å². The van der Waals surface area contributed by atoms with Crippen molar-refractivity contribution in [3.63, 3.8) is 0 Å². The molecular weight excluding hydrogens is 192 g/mol. The minimum atomic E-state index is -0.407. The van der Waals surface area contributed by atoms with Crippen molar-refractivity contribution in [1.29, 1.82) is 0 Å². The molecule has 0 saturated heterocycles. The summed E-state index contributed by atoms with van der Waals surface area (Å²) < 4.78 is 4.93. The molecule has 1 amide bonds. The second-order valence-electron chi connectivity index (χ2n) is 3.59. The van der Waals surface area contributed by atoms with E-state index in [2.05, 4.69) is 11.9 Å². The molecule has 0 aromatic carbocycles. The molecule has 3 N–H and O–H groups in total. The van der Waals surface area contributed by atoms with Crippen LogP contribution in [0.3, 0.4) is 0 Å². The van der Waals surface area contributed by atoms with Crippen LogP contribution in [0.5, 0.6) is 0 Å². The number of nitrogens with one attached hydrogen (secondary N) is 1. The van der Waals surface area contributed by atoms with E-state index in [1.165, 1.54) is 6.26 Å². The molecule has 0 aliphatic heterocycles. The van der Waals surface area contributed by atoms with E-state index in [1.54, 1.807) is 0 Å². The Kier molecular flexibility index (Phi) is 7.72. The summed E-state index contributed by atoms with van der Waals surface area (Å²) in [5, 5.41) is 2.78. The van der Waals surface area contributed by atoms with Crippen LogP contribution in [0.2, 0.25) is 0 Å². The van der Waals surface area contributed by atoms with E-state index in [9.17, 15) is 4.79 Å². The molecule has 4 nitrogen and oxygen atoms in total. The minimum Gasteiger partial charge on any atom is -0.502 e. The van der Waals surface area contributed by atoms with Crippen LogP contribution in [0.1, 0.15) is 26.7 Å². The summed E-state index contributed by atoms with van der Waals surface area (Å²) in [6.07, 6.45) is 3.08. The lowest BCUT2D eigenvalue weighted by atomic mass is 9.99. The molecule has 0 fully saturated rings. The molecule has 0 aromatic rings. The van der Waals surface area contributed by atoms with Crippen molar-refractivity contribution in [1.82, 2.24) is 5.32 Å². The van der Waals surface area contributed by atoms with Crippen molar-refractivity contribution in [3.8, 4) is 0 Å². The molecule has 0 bridgehead atoms. The Morgan fingerprint density at radius 1 is 1.67 bits per heavy atom. The maximum Gasteiger partial charge on any atom is 0.237 e. The van der Waals surface area contributed by atoms with Crippen molar-refractivity contribution in [2.75, 3.05) is 13.2 Å². The lowest BCUT2D eigenvalue weighted by Gasteiger charge is -2.17. The predicted molar refractivity (Wildman–Crippen MR) is 61.2 cm³/mol. The van der Waals surface area contributed by atoms with Gasteiger partial charge in [0.2, 0.25) is 5.91 Å². The quantitative estimate of drug-likeness (QED) is 0.468. The molecule has 0 rings (SSSR count). The van der Waals surface area contributed by atoms with Gasteiger partial charge in [0.1, 0.15) is 0 Å². The first-order valence-corrected chi connectivity index (χ1v) is 5.39. The van der Waals surface area contributed by atoms with Crippen LogP contribution >= 0.6 is 0 Å². The van der Waals surface area contributed by atoms with Crippen molar-refractivity contribution < 1.29 is 9.53 Å². The van der Waals surface area contributed by atoms with Crippen molar-refractivity contribution in [2.24, 2.45) is 11.7 Å². The van der Waals surface area contributed by atoms with Gasteiger partial charge in [-0.3, -0.25) is 4.79 Å². The van der Waals surface area contributed by atoms with Crippen LogP contribution in [0.15, 0.2) is 12.8 Å². The van der Waals surface area contributed by atoms with Gasteiger partial charge in [-0.25, -0.2) is 0 Å². The Labute approximate surface area is 91.9 Å². The molecule has 0 aliphatic rings. The van der Waals surface area contributed by atoms with E-state index in [0.717, 1.165) is 12.8 Å². The van der Waals surface area contributed by atoms with Crippen LogP contribution in [-0.2, 0) is 9.53 Å². The number of amides is 1. The van der Waals surface area contributed by atoms with Gasteiger partial charge < -0.3 is 15.8 Å². The molecule has 0 saturated carbocycles. The van der Waals surface area contributed by atoms with Crippen LogP contribution in [0.4, 0.5) is 0 Å². The molecule has 0 spiro atoms. The SMILES string of the molecule is C=COCCCNC(=O)[C@@H](N)C(C)CC. The summed E-state index contributed by atoms with van der Waals surface area (Å²) in [7, 11) is 0. The maximum atomic E-state index is 11.5. The third kappa shape index (κ3) is 6.12. The van der Waals surface area contributed by atoms with Gasteiger partial charge in [0.25, 0.3) is 0 Å². The second kappa shape index (κ2) is 8.29. The van der Waals surface area contributed by atoms with E-state index >= 15 is 0 Å². The Hall–Kier alpha value is -1.03. The zero-order valence-corrected chi connectivity index (χ0v) is 9.66. The van der Waals surface area contributed by atoms with Gasteiger partial charge in [-0.1, -0.05) is 26.8 Å². The highest BCUT2D eigenvalue weighted by Crippen LogP contribution is 2.04. The second-order valence-corrected chi connectivity index (χ2v) is 3.59. The van der Waals surface area contributed by atoms with Gasteiger partial charge in [0.15, 0.2) is 0 Å². The molecule has 88 valence electrons. The van der Waals surface area contributed by atoms with Crippen LogP contribution in [-0.4, -0.2) is 25.1 Å². The standard InChI is InChI=1S/C11H22N2O2/c1-4-9(3)10(12)11(14)13-7-6-8-15-5-2/h5,9-10H,2,4,6-8,12H2,1,3H3,(H,13,14)/t9?,10-/m0/s1. The molecule has 0 aromatic heterocycles. The van der Waals surface area contributed by atoms with Gasteiger partial charge in [0, 0.05) is 6.54 Å². The number of rotatable bonds is 8. The van der Waals surface area contributed by atoms with Gasteiger partial charge >= 0.3 is 0 Å². The van der Waals surface area contributed by atoms with Crippen molar-refractivity contribution in [2.45, 2.75) is 32.7 Å². The zero-order valence-electron chi connectivity index (χ0n) is 9.66. The van der Waals surface area contributed by atoms with Gasteiger partial charge in [-0.05, 0) is 12.3 Å². The Bertz CT molecular complexity index is 195. The van der Waals surface area contributed by atoms with Crippen molar-refractivity contribution >= 4 is 5.91 Å². The molecule has 0 radical (unpaired) electrons. The summed E-state index contributed by atoms with van der Waals surface area (Å²) in [5.74, 6) is 0.136.